The molecule has 0 unspecified atom stereocenters. The molecule has 0 spiro atoms. The van der Waals surface area contributed by atoms with Crippen molar-refractivity contribution in [1.29, 1.82) is 0 Å². The van der Waals surface area contributed by atoms with Gasteiger partial charge in [-0.15, -0.1) is 0 Å². The average molecular weight is 281 g/mol. The number of nitrogens with one attached hydrogen (secondary N) is 2. The number of carbonyl (C=O) groups is 2. The molecule has 0 atom stereocenters. The van der Waals surface area contributed by atoms with Gasteiger partial charge >= 0.3 is 0 Å². The van der Waals surface area contributed by atoms with Crippen molar-refractivity contribution in [3.05, 3.63) is 0 Å². The van der Waals surface area contributed by atoms with Gasteiger partial charge in [-0.2, -0.15) is 0 Å². The lowest BCUT2D eigenvalue weighted by Crippen LogP contribution is -2.61. The predicted molar refractivity (Wildman–Crippen MR) is 78.0 cm³/mol. The zero-order chi connectivity index (χ0) is 14.6. The van der Waals surface area contributed by atoms with Crippen molar-refractivity contribution in [2.24, 2.45) is 5.73 Å². The second-order valence-corrected chi connectivity index (χ2v) is 6.41. The van der Waals surface area contributed by atoms with Gasteiger partial charge in [0, 0.05) is 19.0 Å². The van der Waals surface area contributed by atoms with Crippen LogP contribution >= 0.6 is 0 Å². The Morgan fingerprint density at radius 1 is 1.05 bits per heavy atom. The molecular weight excluding hydrogens is 254 g/mol. The maximum atomic E-state index is 12.6. The van der Waals surface area contributed by atoms with Crippen molar-refractivity contribution < 1.29 is 9.59 Å². The smallest absolute Gasteiger partial charge is 0.245 e. The molecule has 2 aliphatic carbocycles. The van der Waals surface area contributed by atoms with Crippen LogP contribution in [0.4, 0.5) is 0 Å². The molecule has 0 radical (unpaired) electrons. The fourth-order valence-corrected chi connectivity index (χ4v) is 3.49. The summed E-state index contributed by atoms with van der Waals surface area (Å²) in [6, 6.07) is 0.497. The van der Waals surface area contributed by atoms with Crippen molar-refractivity contribution in [3.8, 4) is 0 Å². The third-order valence-electron chi connectivity index (χ3n) is 4.66. The number of hydrogen-bond donors (Lipinski definition) is 3. The zero-order valence-electron chi connectivity index (χ0n) is 12.4. The van der Waals surface area contributed by atoms with Crippen molar-refractivity contribution in [3.63, 3.8) is 0 Å². The van der Waals surface area contributed by atoms with Crippen LogP contribution in [0.3, 0.4) is 0 Å². The van der Waals surface area contributed by atoms with Gasteiger partial charge in [0.25, 0.3) is 0 Å². The molecule has 0 bridgehead atoms. The lowest BCUT2D eigenvalue weighted by atomic mass is 9.80. The first-order chi connectivity index (χ1) is 9.52. The first-order valence-electron chi connectivity index (χ1n) is 7.87. The summed E-state index contributed by atoms with van der Waals surface area (Å²) >= 11 is 0. The monoisotopic (exact) mass is 281 g/mol. The maximum Gasteiger partial charge on any atom is 0.245 e. The second-order valence-electron chi connectivity index (χ2n) is 6.41. The first-order valence-corrected chi connectivity index (χ1v) is 7.87. The van der Waals surface area contributed by atoms with Gasteiger partial charge in [0.2, 0.25) is 11.8 Å². The van der Waals surface area contributed by atoms with E-state index in [9.17, 15) is 9.59 Å². The van der Waals surface area contributed by atoms with Gasteiger partial charge in [0.05, 0.1) is 0 Å². The van der Waals surface area contributed by atoms with Gasteiger partial charge in [-0.1, -0.05) is 19.3 Å². The number of hydrogen-bond acceptors (Lipinski definition) is 3. The number of nitrogens with two attached hydrogens (primary N) is 1. The van der Waals surface area contributed by atoms with Crippen molar-refractivity contribution in [1.82, 2.24) is 10.6 Å². The van der Waals surface area contributed by atoms with E-state index in [1.165, 1.54) is 6.92 Å². The van der Waals surface area contributed by atoms with E-state index in [-0.39, 0.29) is 23.9 Å². The standard InChI is InChI=1S/C15H27N3O2/c1-11(19)18-15(9-3-2-4-10-15)14(20)17-13-7-5-12(16)6-8-13/h12-13H,2-10,16H2,1H3,(H,17,20)(H,18,19). The van der Waals surface area contributed by atoms with E-state index in [4.69, 9.17) is 5.73 Å². The lowest BCUT2D eigenvalue weighted by molar-refractivity contribution is -0.135. The number of amides is 2. The van der Waals surface area contributed by atoms with E-state index in [1.807, 2.05) is 0 Å². The van der Waals surface area contributed by atoms with Crippen LogP contribution in [0.25, 0.3) is 0 Å². The van der Waals surface area contributed by atoms with Crippen LogP contribution in [0.15, 0.2) is 0 Å². The minimum atomic E-state index is -0.677. The summed E-state index contributed by atoms with van der Waals surface area (Å²) in [5, 5.41) is 6.06. The Bertz CT molecular complexity index is 356. The van der Waals surface area contributed by atoms with Crippen molar-refractivity contribution >= 4 is 11.8 Å². The fraction of sp³-hybridized carbons (Fsp3) is 0.867. The third kappa shape index (κ3) is 3.72. The number of rotatable bonds is 3. The van der Waals surface area contributed by atoms with Gasteiger partial charge in [0.15, 0.2) is 0 Å². The minimum absolute atomic E-state index is 0.00729. The number of carbonyl (C=O) groups excluding carboxylic acids is 2. The highest BCUT2D eigenvalue weighted by Gasteiger charge is 2.41. The molecule has 20 heavy (non-hydrogen) atoms. The molecule has 5 nitrogen and oxygen atoms in total. The van der Waals surface area contributed by atoms with Crippen molar-refractivity contribution in [2.45, 2.75) is 82.3 Å². The van der Waals surface area contributed by atoms with E-state index < -0.39 is 5.54 Å². The van der Waals surface area contributed by atoms with E-state index in [0.29, 0.717) is 0 Å². The predicted octanol–water partition coefficient (Wildman–Crippen LogP) is 1.21. The fourth-order valence-electron chi connectivity index (χ4n) is 3.49. The summed E-state index contributed by atoms with van der Waals surface area (Å²) in [6.07, 6.45) is 8.50. The van der Waals surface area contributed by atoms with Crippen LogP contribution in [0.2, 0.25) is 0 Å². The highest BCUT2D eigenvalue weighted by molar-refractivity contribution is 5.91. The summed E-state index contributed by atoms with van der Waals surface area (Å²) in [6.45, 7) is 1.49. The molecule has 0 aromatic rings. The Hall–Kier alpha value is -1.10. The molecule has 0 heterocycles. The largest absolute Gasteiger partial charge is 0.351 e. The quantitative estimate of drug-likeness (QED) is 0.727. The molecule has 0 saturated heterocycles. The molecule has 2 saturated carbocycles. The second kappa shape index (κ2) is 6.57. The van der Waals surface area contributed by atoms with Crippen LogP contribution in [-0.4, -0.2) is 29.4 Å². The summed E-state index contributed by atoms with van der Waals surface area (Å²) < 4.78 is 0. The van der Waals surface area contributed by atoms with Crippen LogP contribution in [0.5, 0.6) is 0 Å². The van der Waals surface area contributed by atoms with E-state index in [2.05, 4.69) is 10.6 Å². The molecule has 0 aromatic heterocycles. The van der Waals surface area contributed by atoms with Gasteiger partial charge in [-0.05, 0) is 38.5 Å². The summed E-state index contributed by atoms with van der Waals surface area (Å²) in [7, 11) is 0. The maximum absolute atomic E-state index is 12.6. The van der Waals surface area contributed by atoms with E-state index in [0.717, 1.165) is 57.8 Å². The highest BCUT2D eigenvalue weighted by atomic mass is 16.2. The van der Waals surface area contributed by atoms with Crippen LogP contribution in [-0.2, 0) is 9.59 Å². The Morgan fingerprint density at radius 3 is 2.20 bits per heavy atom. The molecule has 2 fully saturated rings. The molecule has 2 aliphatic rings. The van der Waals surface area contributed by atoms with E-state index >= 15 is 0 Å². The minimum Gasteiger partial charge on any atom is -0.351 e. The zero-order valence-corrected chi connectivity index (χ0v) is 12.4. The molecule has 114 valence electrons. The molecule has 2 rings (SSSR count). The molecule has 0 aliphatic heterocycles. The normalized spacial score (nSPS) is 29.5. The molecule has 0 aromatic carbocycles. The van der Waals surface area contributed by atoms with Crippen molar-refractivity contribution in [2.75, 3.05) is 0 Å². The Morgan fingerprint density at radius 2 is 1.65 bits per heavy atom. The van der Waals surface area contributed by atoms with Gasteiger partial charge in [0.1, 0.15) is 5.54 Å². The Balaban J connectivity index is 1.97. The topological polar surface area (TPSA) is 84.2 Å². The molecular formula is C15H27N3O2. The Kier molecular flexibility index (Phi) is 5.02. The summed E-state index contributed by atoms with van der Waals surface area (Å²) in [4.78, 5) is 24.1. The first kappa shape index (κ1) is 15.3. The van der Waals surface area contributed by atoms with Crippen LogP contribution in [0, 0.1) is 0 Å². The lowest BCUT2D eigenvalue weighted by Gasteiger charge is -2.38. The van der Waals surface area contributed by atoms with Gasteiger partial charge in [-0.3, -0.25) is 9.59 Å². The van der Waals surface area contributed by atoms with Gasteiger partial charge < -0.3 is 16.4 Å². The molecule has 5 heteroatoms. The van der Waals surface area contributed by atoms with E-state index in [1.54, 1.807) is 0 Å². The molecule has 4 N–H and O–H groups in total. The molecule has 2 amide bonds. The van der Waals surface area contributed by atoms with Crippen LogP contribution in [0.1, 0.15) is 64.7 Å². The van der Waals surface area contributed by atoms with Gasteiger partial charge in [-0.25, -0.2) is 0 Å². The highest BCUT2D eigenvalue weighted by Crippen LogP contribution is 2.29. The van der Waals surface area contributed by atoms with Crippen LogP contribution < -0.4 is 16.4 Å². The average Bonchev–Trinajstić information content (AvgIpc) is 2.41. The summed E-state index contributed by atoms with van der Waals surface area (Å²) in [5.74, 6) is -0.111. The SMILES string of the molecule is CC(=O)NC1(C(=O)NC2CCC(N)CC2)CCCCC1. The summed E-state index contributed by atoms with van der Waals surface area (Å²) in [5.41, 5.74) is 5.22. The Labute approximate surface area is 121 Å². The third-order valence-corrected chi connectivity index (χ3v) is 4.66.